The molecule has 0 radical (unpaired) electrons. The van der Waals surface area contributed by atoms with Crippen LogP contribution in [0.2, 0.25) is 0 Å². The molecule has 3 heterocycles. The topological polar surface area (TPSA) is 108 Å². The van der Waals surface area contributed by atoms with E-state index in [-0.39, 0.29) is 24.4 Å². The van der Waals surface area contributed by atoms with Crippen LogP contribution in [0.25, 0.3) is 0 Å². The molecule has 1 saturated heterocycles. The molecular weight excluding hydrogens is 368 g/mol. The molecule has 4 amide bonds. The Morgan fingerprint density at radius 3 is 2.85 bits per heavy atom. The molecule has 2 N–H and O–H groups in total. The van der Waals surface area contributed by atoms with Crippen molar-refractivity contribution in [2.24, 2.45) is 0 Å². The standard InChI is InChI=1S/C17H20N6O3S/c1-11-14(15(25)20-9-12-4-3-5-19-8-12)27-16(21-11)23-7-6-22(17(23)26)10-13(24)18-2/h3-5,8H,6-7,9-10H2,1-2H3,(H,18,24)(H,20,25). The molecule has 1 fully saturated rings. The molecule has 10 heteroatoms. The van der Waals surface area contributed by atoms with Gasteiger partial charge >= 0.3 is 6.03 Å². The van der Waals surface area contributed by atoms with Crippen LogP contribution < -0.4 is 15.5 Å². The summed E-state index contributed by atoms with van der Waals surface area (Å²) in [5, 5.41) is 5.80. The number of aromatic nitrogens is 2. The van der Waals surface area contributed by atoms with E-state index in [2.05, 4.69) is 20.6 Å². The van der Waals surface area contributed by atoms with Crippen molar-refractivity contribution in [3.8, 4) is 0 Å². The minimum absolute atomic E-state index is 0.00858. The fraction of sp³-hybridized carbons (Fsp3) is 0.353. The highest BCUT2D eigenvalue weighted by Crippen LogP contribution is 2.28. The summed E-state index contributed by atoms with van der Waals surface area (Å²) in [6.45, 7) is 2.98. The first-order valence-corrected chi connectivity index (χ1v) is 9.22. The number of nitrogens with one attached hydrogen (secondary N) is 2. The van der Waals surface area contributed by atoms with Crippen molar-refractivity contribution in [1.29, 1.82) is 0 Å². The summed E-state index contributed by atoms with van der Waals surface area (Å²) in [7, 11) is 1.53. The third-order valence-corrected chi connectivity index (χ3v) is 5.29. The van der Waals surface area contributed by atoms with Crippen LogP contribution in [0.4, 0.5) is 9.93 Å². The van der Waals surface area contributed by atoms with Gasteiger partial charge < -0.3 is 15.5 Å². The number of hydrogen-bond donors (Lipinski definition) is 2. The van der Waals surface area contributed by atoms with Gasteiger partial charge in [-0.2, -0.15) is 0 Å². The van der Waals surface area contributed by atoms with Gasteiger partial charge in [0.25, 0.3) is 5.91 Å². The molecule has 9 nitrogen and oxygen atoms in total. The molecule has 0 atom stereocenters. The van der Waals surface area contributed by atoms with Gasteiger partial charge in [-0.25, -0.2) is 9.78 Å². The molecule has 0 unspecified atom stereocenters. The van der Waals surface area contributed by atoms with Crippen molar-refractivity contribution >= 4 is 34.3 Å². The maximum Gasteiger partial charge on any atom is 0.326 e. The second-order valence-corrected chi connectivity index (χ2v) is 6.96. The van der Waals surface area contributed by atoms with Crippen molar-refractivity contribution in [1.82, 2.24) is 25.5 Å². The number of thiazole rings is 1. The molecule has 142 valence electrons. The lowest BCUT2D eigenvalue weighted by Gasteiger charge is -2.15. The molecule has 2 aromatic heterocycles. The summed E-state index contributed by atoms with van der Waals surface area (Å²) < 4.78 is 0. The summed E-state index contributed by atoms with van der Waals surface area (Å²) in [4.78, 5) is 48.3. The van der Waals surface area contributed by atoms with Gasteiger partial charge in [0.15, 0.2) is 5.13 Å². The Kier molecular flexibility index (Phi) is 5.65. The van der Waals surface area contributed by atoms with E-state index in [1.807, 2.05) is 6.07 Å². The molecule has 1 aliphatic heterocycles. The molecule has 0 aliphatic carbocycles. The lowest BCUT2D eigenvalue weighted by atomic mass is 10.3. The number of likely N-dealkylation sites (N-methyl/N-ethyl adjacent to an activating group) is 1. The van der Waals surface area contributed by atoms with Gasteiger partial charge in [-0.05, 0) is 18.6 Å². The number of nitrogens with zero attached hydrogens (tertiary/aromatic N) is 4. The first kappa shape index (κ1) is 18.8. The second-order valence-electron chi connectivity index (χ2n) is 5.98. The maximum absolute atomic E-state index is 12.5. The highest BCUT2D eigenvalue weighted by atomic mass is 32.1. The number of aryl methyl sites for hydroxylation is 1. The van der Waals surface area contributed by atoms with E-state index < -0.39 is 0 Å². The van der Waals surface area contributed by atoms with Crippen molar-refractivity contribution < 1.29 is 14.4 Å². The van der Waals surface area contributed by atoms with E-state index in [1.165, 1.54) is 28.2 Å². The number of carbonyl (C=O) groups excluding carboxylic acids is 3. The highest BCUT2D eigenvalue weighted by Gasteiger charge is 2.33. The molecule has 3 rings (SSSR count). The zero-order chi connectivity index (χ0) is 19.4. The summed E-state index contributed by atoms with van der Waals surface area (Å²) in [5.41, 5.74) is 1.46. The Morgan fingerprint density at radius 2 is 2.15 bits per heavy atom. The zero-order valence-corrected chi connectivity index (χ0v) is 15.9. The molecule has 27 heavy (non-hydrogen) atoms. The van der Waals surface area contributed by atoms with Gasteiger partial charge in [0.2, 0.25) is 5.91 Å². The molecule has 2 aromatic rings. The van der Waals surface area contributed by atoms with E-state index in [1.54, 1.807) is 25.4 Å². The van der Waals surface area contributed by atoms with Gasteiger partial charge in [0.1, 0.15) is 11.4 Å². The zero-order valence-electron chi connectivity index (χ0n) is 15.1. The summed E-state index contributed by atoms with van der Waals surface area (Å²) >= 11 is 1.17. The van der Waals surface area contributed by atoms with Crippen molar-refractivity contribution in [3.05, 3.63) is 40.7 Å². The third kappa shape index (κ3) is 4.22. The predicted octanol–water partition coefficient (Wildman–Crippen LogP) is 0.765. The summed E-state index contributed by atoms with van der Waals surface area (Å²) in [6.07, 6.45) is 3.36. The Hall–Kier alpha value is -3.01. The maximum atomic E-state index is 12.5. The van der Waals surface area contributed by atoms with Crippen LogP contribution in [0, 0.1) is 6.92 Å². The number of pyridine rings is 1. The molecule has 0 saturated carbocycles. The van der Waals surface area contributed by atoms with Crippen LogP contribution in [-0.2, 0) is 11.3 Å². The van der Waals surface area contributed by atoms with Gasteiger partial charge in [0.05, 0.1) is 5.69 Å². The molecular formula is C17H20N6O3S. The largest absolute Gasteiger partial charge is 0.358 e. The number of amides is 4. The molecule has 0 spiro atoms. The minimum Gasteiger partial charge on any atom is -0.358 e. The van der Waals surface area contributed by atoms with E-state index in [0.717, 1.165) is 5.56 Å². The Balaban J connectivity index is 1.66. The predicted molar refractivity (Wildman–Crippen MR) is 101 cm³/mol. The Labute approximate surface area is 160 Å². The van der Waals surface area contributed by atoms with Crippen LogP contribution in [0.1, 0.15) is 20.9 Å². The van der Waals surface area contributed by atoms with Crippen LogP contribution >= 0.6 is 11.3 Å². The van der Waals surface area contributed by atoms with E-state index >= 15 is 0 Å². The fourth-order valence-corrected chi connectivity index (χ4v) is 3.64. The van der Waals surface area contributed by atoms with Crippen LogP contribution in [0.15, 0.2) is 24.5 Å². The minimum atomic E-state index is -0.283. The number of carbonyl (C=O) groups is 3. The molecule has 0 bridgehead atoms. The Bertz CT molecular complexity index is 854. The van der Waals surface area contributed by atoms with E-state index in [0.29, 0.717) is 35.3 Å². The van der Waals surface area contributed by atoms with Crippen LogP contribution in [0.3, 0.4) is 0 Å². The average molecular weight is 388 g/mol. The van der Waals surface area contributed by atoms with Gasteiger partial charge in [-0.1, -0.05) is 17.4 Å². The molecule has 0 aromatic carbocycles. The van der Waals surface area contributed by atoms with E-state index in [4.69, 9.17) is 0 Å². The van der Waals surface area contributed by atoms with Crippen molar-refractivity contribution in [3.63, 3.8) is 0 Å². The number of anilines is 1. The average Bonchev–Trinajstić information content (AvgIpc) is 3.23. The van der Waals surface area contributed by atoms with Gasteiger partial charge in [0, 0.05) is 39.1 Å². The SMILES string of the molecule is CNC(=O)CN1CCN(c2nc(C)c(C(=O)NCc3cccnc3)s2)C1=O. The lowest BCUT2D eigenvalue weighted by Crippen LogP contribution is -2.38. The fourth-order valence-electron chi connectivity index (χ4n) is 2.63. The molecule has 1 aliphatic rings. The highest BCUT2D eigenvalue weighted by molar-refractivity contribution is 7.17. The monoisotopic (exact) mass is 388 g/mol. The number of hydrogen-bond acceptors (Lipinski definition) is 6. The van der Waals surface area contributed by atoms with Gasteiger partial charge in [-0.15, -0.1) is 0 Å². The summed E-state index contributed by atoms with van der Waals surface area (Å²) in [5.74, 6) is -0.468. The number of urea groups is 1. The second kappa shape index (κ2) is 8.12. The Morgan fingerprint density at radius 1 is 1.33 bits per heavy atom. The smallest absolute Gasteiger partial charge is 0.326 e. The first-order chi connectivity index (χ1) is 13.0. The van der Waals surface area contributed by atoms with Crippen LogP contribution in [-0.4, -0.2) is 59.4 Å². The first-order valence-electron chi connectivity index (χ1n) is 8.41. The van der Waals surface area contributed by atoms with Crippen molar-refractivity contribution in [2.45, 2.75) is 13.5 Å². The lowest BCUT2D eigenvalue weighted by molar-refractivity contribution is -0.121. The van der Waals surface area contributed by atoms with Crippen molar-refractivity contribution in [2.75, 3.05) is 31.6 Å². The normalized spacial score (nSPS) is 13.8. The summed E-state index contributed by atoms with van der Waals surface area (Å²) in [6, 6.07) is 3.40. The van der Waals surface area contributed by atoms with Gasteiger partial charge in [-0.3, -0.25) is 19.5 Å². The van der Waals surface area contributed by atoms with Crippen LogP contribution in [0.5, 0.6) is 0 Å². The van der Waals surface area contributed by atoms with E-state index in [9.17, 15) is 14.4 Å². The quantitative estimate of drug-likeness (QED) is 0.760. The third-order valence-electron chi connectivity index (χ3n) is 4.11. The number of rotatable bonds is 6.